The second-order valence-corrected chi connectivity index (χ2v) is 5.37. The molecule has 0 aliphatic carbocycles. The Morgan fingerprint density at radius 3 is 2.48 bits per heavy atom. The zero-order valence-corrected chi connectivity index (χ0v) is 13.6. The van der Waals surface area contributed by atoms with Gasteiger partial charge in [-0.15, -0.1) is 0 Å². The molecule has 112 valence electrons. The Labute approximate surface area is 150 Å². The summed E-state index contributed by atoms with van der Waals surface area (Å²) in [7, 11) is 0. The first-order valence-electron chi connectivity index (χ1n) is 9.21. The number of allylic oxidation sites excluding steroid dienone is 1. The molecule has 2 aromatic carbocycles. The van der Waals surface area contributed by atoms with Gasteiger partial charge in [-0.05, 0) is 12.1 Å². The topological polar surface area (TPSA) is 38.1 Å². The average molecular weight is 369 g/mol. The lowest BCUT2D eigenvalue weighted by Crippen LogP contribution is -1.92. The summed E-state index contributed by atoms with van der Waals surface area (Å²) in [4.78, 5) is 13.0. The summed E-state index contributed by atoms with van der Waals surface area (Å²) < 4.78 is 40.8. The van der Waals surface area contributed by atoms with Gasteiger partial charge in [0, 0.05) is 27.9 Å². The number of hydrogen-bond donors (Lipinski definition) is 0. The minimum Gasteiger partial charge on any atom is -0.237 e. The molecule has 4 heteroatoms. The molecule has 0 fully saturated rings. The van der Waals surface area contributed by atoms with Crippen molar-refractivity contribution in [2.75, 3.05) is 0 Å². The van der Waals surface area contributed by atoms with E-state index in [0.717, 1.165) is 4.47 Å². The standard InChI is InChI=1S/C19H14BrN3/c1-2-12-21-18-13-17(14-6-4-3-5-7-14)22-19(23-18)15-8-10-16(20)11-9-15/h2-13H,1H2/b21-12-/i3D,4D,5D,6D,7D. The minimum atomic E-state index is -0.453. The summed E-state index contributed by atoms with van der Waals surface area (Å²) in [6.07, 6.45) is 2.95. The SMILES string of the molecule is [2H]c1c([2H])c([2H])c(-c2cc(/N=C\C=C)nc(-c3ccc(Br)cc3)n2)c([2H])c1[2H]. The number of rotatable bonds is 4. The zero-order valence-electron chi connectivity index (χ0n) is 17.0. The second-order valence-electron chi connectivity index (χ2n) is 4.46. The quantitative estimate of drug-likeness (QED) is 0.573. The first-order valence-corrected chi connectivity index (χ1v) is 7.50. The predicted octanol–water partition coefficient (Wildman–Crippen LogP) is 5.46. The lowest BCUT2D eigenvalue weighted by Gasteiger charge is -2.06. The van der Waals surface area contributed by atoms with Gasteiger partial charge in [-0.2, -0.15) is 0 Å². The maximum absolute atomic E-state index is 8.19. The third kappa shape index (κ3) is 3.79. The second kappa shape index (κ2) is 7.11. The van der Waals surface area contributed by atoms with E-state index >= 15 is 0 Å². The Bertz CT molecular complexity index is 1070. The van der Waals surface area contributed by atoms with E-state index in [1.165, 1.54) is 18.4 Å². The van der Waals surface area contributed by atoms with E-state index in [9.17, 15) is 0 Å². The van der Waals surface area contributed by atoms with E-state index in [0.29, 0.717) is 11.4 Å². The Hall–Kier alpha value is -2.59. The van der Waals surface area contributed by atoms with Crippen molar-refractivity contribution >= 4 is 28.0 Å². The van der Waals surface area contributed by atoms with Crippen LogP contribution in [0.2, 0.25) is 0 Å². The van der Waals surface area contributed by atoms with Crippen molar-refractivity contribution in [2.24, 2.45) is 4.99 Å². The van der Waals surface area contributed by atoms with Crippen LogP contribution < -0.4 is 0 Å². The molecule has 1 heterocycles. The van der Waals surface area contributed by atoms with Gasteiger partial charge in [0.2, 0.25) is 0 Å². The third-order valence-corrected chi connectivity index (χ3v) is 3.41. The van der Waals surface area contributed by atoms with Crippen LogP contribution in [0.1, 0.15) is 6.85 Å². The monoisotopic (exact) mass is 368 g/mol. The number of nitrogens with zero attached hydrogens (tertiary/aromatic N) is 3. The molecule has 3 nitrogen and oxygen atoms in total. The van der Waals surface area contributed by atoms with Crippen LogP contribution in [0.4, 0.5) is 5.82 Å². The van der Waals surface area contributed by atoms with Crippen molar-refractivity contribution in [3.63, 3.8) is 0 Å². The molecule has 0 bridgehead atoms. The van der Waals surface area contributed by atoms with Gasteiger partial charge in [0.15, 0.2) is 11.6 Å². The van der Waals surface area contributed by atoms with Crippen LogP contribution in [0.5, 0.6) is 0 Å². The summed E-state index contributed by atoms with van der Waals surface area (Å²) in [6, 6.07) is 6.83. The molecule has 0 aliphatic rings. The molecule has 0 spiro atoms. The fourth-order valence-electron chi connectivity index (χ4n) is 1.86. The number of hydrogen-bond acceptors (Lipinski definition) is 3. The summed E-state index contributed by atoms with van der Waals surface area (Å²) >= 11 is 3.38. The maximum Gasteiger partial charge on any atom is 0.162 e. The highest BCUT2D eigenvalue weighted by Crippen LogP contribution is 2.26. The highest BCUT2D eigenvalue weighted by molar-refractivity contribution is 9.10. The highest BCUT2D eigenvalue weighted by Gasteiger charge is 2.08. The van der Waals surface area contributed by atoms with Crippen LogP contribution in [0.3, 0.4) is 0 Å². The first-order chi connectivity index (χ1) is 13.3. The van der Waals surface area contributed by atoms with Crippen molar-refractivity contribution in [3.8, 4) is 22.6 Å². The van der Waals surface area contributed by atoms with Gasteiger partial charge in [-0.25, -0.2) is 15.0 Å². The normalized spacial score (nSPS) is 13.9. The fraction of sp³-hybridized carbons (Fsp3) is 0. The van der Waals surface area contributed by atoms with E-state index in [1.807, 2.05) is 24.3 Å². The molecule has 0 saturated carbocycles. The van der Waals surface area contributed by atoms with Crippen LogP contribution >= 0.6 is 15.9 Å². The Morgan fingerprint density at radius 1 is 1.04 bits per heavy atom. The fourth-order valence-corrected chi connectivity index (χ4v) is 2.13. The minimum absolute atomic E-state index is 0.00168. The van der Waals surface area contributed by atoms with E-state index in [1.54, 1.807) is 0 Å². The number of halogens is 1. The van der Waals surface area contributed by atoms with Crippen LogP contribution in [0.15, 0.2) is 82.7 Å². The Morgan fingerprint density at radius 2 is 1.78 bits per heavy atom. The third-order valence-electron chi connectivity index (χ3n) is 2.88. The lowest BCUT2D eigenvalue weighted by atomic mass is 10.1. The van der Waals surface area contributed by atoms with Gasteiger partial charge < -0.3 is 0 Å². The molecule has 0 N–H and O–H groups in total. The molecule has 0 unspecified atom stereocenters. The molecule has 0 saturated heterocycles. The van der Waals surface area contributed by atoms with Gasteiger partial charge in [0.25, 0.3) is 0 Å². The van der Waals surface area contributed by atoms with Crippen molar-refractivity contribution in [3.05, 3.63) is 77.7 Å². The molecule has 23 heavy (non-hydrogen) atoms. The smallest absolute Gasteiger partial charge is 0.162 e. The van der Waals surface area contributed by atoms with Crippen molar-refractivity contribution < 1.29 is 6.85 Å². The average Bonchev–Trinajstić information content (AvgIpc) is 2.70. The molecule has 0 aliphatic heterocycles. The summed E-state index contributed by atoms with van der Waals surface area (Å²) in [5, 5.41) is 0. The summed E-state index contributed by atoms with van der Waals surface area (Å²) in [6.45, 7) is 3.58. The van der Waals surface area contributed by atoms with Gasteiger partial charge >= 0.3 is 0 Å². The largest absolute Gasteiger partial charge is 0.237 e. The van der Waals surface area contributed by atoms with Crippen LogP contribution in [-0.4, -0.2) is 16.2 Å². The highest BCUT2D eigenvalue weighted by atomic mass is 79.9. The molecule has 3 aromatic rings. The van der Waals surface area contributed by atoms with Crippen molar-refractivity contribution in [1.29, 1.82) is 0 Å². The molecule has 0 radical (unpaired) electrons. The van der Waals surface area contributed by atoms with Gasteiger partial charge in [0.1, 0.15) is 0 Å². The Balaban J connectivity index is 2.30. The van der Waals surface area contributed by atoms with Crippen molar-refractivity contribution in [2.45, 2.75) is 0 Å². The number of benzene rings is 2. The van der Waals surface area contributed by atoms with Crippen LogP contribution in [-0.2, 0) is 0 Å². The summed E-state index contributed by atoms with van der Waals surface area (Å²) in [5.74, 6) is 0.614. The van der Waals surface area contributed by atoms with E-state index in [4.69, 9.17) is 6.85 Å². The van der Waals surface area contributed by atoms with Gasteiger partial charge in [0.05, 0.1) is 12.5 Å². The zero-order chi connectivity index (χ0) is 20.4. The first kappa shape index (κ1) is 10.2. The molecular weight excluding hydrogens is 350 g/mol. The van der Waals surface area contributed by atoms with Gasteiger partial charge in [-0.3, -0.25) is 0 Å². The molecule has 0 amide bonds. The molecule has 1 aromatic heterocycles. The molecule has 0 atom stereocenters. The molecular formula is C19H14BrN3. The van der Waals surface area contributed by atoms with Crippen LogP contribution in [0.25, 0.3) is 22.6 Å². The number of aliphatic imine (C=N–C) groups is 1. The predicted molar refractivity (Wildman–Crippen MR) is 99.0 cm³/mol. The molecule has 3 rings (SSSR count). The summed E-state index contributed by atoms with van der Waals surface area (Å²) in [5.41, 5.74) is 0.899. The van der Waals surface area contributed by atoms with E-state index in [-0.39, 0.29) is 29.2 Å². The van der Waals surface area contributed by atoms with Gasteiger partial charge in [-0.1, -0.05) is 70.9 Å². The van der Waals surface area contributed by atoms with Crippen molar-refractivity contribution in [1.82, 2.24) is 9.97 Å². The lowest BCUT2D eigenvalue weighted by molar-refractivity contribution is 1.16. The Kier molecular flexibility index (Phi) is 3.17. The maximum atomic E-state index is 8.19. The van der Waals surface area contributed by atoms with E-state index in [2.05, 4.69) is 37.5 Å². The van der Waals surface area contributed by atoms with E-state index < -0.39 is 18.1 Å². The van der Waals surface area contributed by atoms with Crippen LogP contribution in [0, 0.1) is 0 Å². The number of aromatic nitrogens is 2.